The number of carbonyl (C=O) groups is 3. The minimum Gasteiger partial charge on any atom is -0.423 e. The van der Waals surface area contributed by atoms with Crippen LogP contribution in [0.3, 0.4) is 0 Å². The number of hydrogen-bond donors (Lipinski definition) is 0. The summed E-state index contributed by atoms with van der Waals surface area (Å²) in [4.78, 5) is 37.5. The van der Waals surface area contributed by atoms with Gasteiger partial charge in [0.15, 0.2) is 0 Å². The summed E-state index contributed by atoms with van der Waals surface area (Å²) in [5.41, 5.74) is 3.16. The van der Waals surface area contributed by atoms with Gasteiger partial charge in [0, 0.05) is 33.8 Å². The van der Waals surface area contributed by atoms with Gasteiger partial charge in [-0.3, -0.25) is 0 Å². The average Bonchev–Trinajstić information content (AvgIpc) is 2.87. The molecule has 0 bridgehead atoms. The molecule has 0 heterocycles. The molecular formula is C30H27NO6. The van der Waals surface area contributed by atoms with Crippen LogP contribution in [0.5, 0.6) is 17.2 Å². The Morgan fingerprint density at radius 3 is 0.892 bits per heavy atom. The number of hydrogen-bond acceptors (Lipinski definition) is 7. The van der Waals surface area contributed by atoms with Crippen molar-refractivity contribution < 1.29 is 28.6 Å². The summed E-state index contributed by atoms with van der Waals surface area (Å²) in [5, 5.41) is 0. The molecular weight excluding hydrogens is 470 g/mol. The third kappa shape index (κ3) is 7.05. The van der Waals surface area contributed by atoms with Gasteiger partial charge in [-0.05, 0) is 93.6 Å². The van der Waals surface area contributed by atoms with Crippen molar-refractivity contribution in [3.63, 3.8) is 0 Å². The quantitative estimate of drug-likeness (QED) is 0.187. The van der Waals surface area contributed by atoms with Crippen molar-refractivity contribution in [1.29, 1.82) is 0 Å². The van der Waals surface area contributed by atoms with Crippen molar-refractivity contribution in [3.05, 3.63) is 109 Å². The van der Waals surface area contributed by atoms with E-state index in [0.29, 0.717) is 34.0 Å². The zero-order valence-electron chi connectivity index (χ0n) is 20.9. The van der Waals surface area contributed by atoms with E-state index >= 15 is 0 Å². The third-order valence-corrected chi connectivity index (χ3v) is 4.96. The predicted molar refractivity (Wildman–Crippen MR) is 142 cm³/mol. The smallest absolute Gasteiger partial charge is 0.338 e. The van der Waals surface area contributed by atoms with Crippen molar-refractivity contribution in [2.75, 3.05) is 4.90 Å². The van der Waals surface area contributed by atoms with Crippen molar-refractivity contribution in [3.8, 4) is 17.2 Å². The van der Waals surface area contributed by atoms with Gasteiger partial charge in [0.2, 0.25) is 0 Å². The lowest BCUT2D eigenvalue weighted by Gasteiger charge is -2.26. The second-order valence-corrected chi connectivity index (χ2v) is 8.33. The second kappa shape index (κ2) is 11.7. The normalized spacial score (nSPS) is 10.1. The van der Waals surface area contributed by atoms with Gasteiger partial charge in [-0.1, -0.05) is 19.7 Å². The molecule has 0 unspecified atom stereocenters. The number of ether oxygens (including phenoxy) is 3. The summed E-state index contributed by atoms with van der Waals surface area (Å²) in [7, 11) is 0. The molecule has 0 fully saturated rings. The maximum Gasteiger partial charge on any atom is 0.338 e. The number of esters is 3. The highest BCUT2D eigenvalue weighted by Gasteiger charge is 2.15. The first kappa shape index (κ1) is 26.7. The Labute approximate surface area is 215 Å². The first-order valence-electron chi connectivity index (χ1n) is 11.3. The Hall–Kier alpha value is -4.91. The molecule has 188 valence electrons. The molecule has 0 aliphatic heterocycles. The Morgan fingerprint density at radius 1 is 0.486 bits per heavy atom. The number of anilines is 3. The number of rotatable bonds is 9. The molecule has 7 nitrogen and oxygen atoms in total. The molecule has 0 radical (unpaired) electrons. The van der Waals surface area contributed by atoms with Crippen LogP contribution >= 0.6 is 0 Å². The molecule has 0 N–H and O–H groups in total. The Kier molecular flexibility index (Phi) is 8.43. The van der Waals surface area contributed by atoms with Crippen molar-refractivity contribution >= 4 is 35.0 Å². The lowest BCUT2D eigenvalue weighted by molar-refractivity contribution is -0.130. The van der Waals surface area contributed by atoms with Gasteiger partial charge in [0.05, 0.1) is 0 Å². The van der Waals surface area contributed by atoms with Crippen LogP contribution in [-0.4, -0.2) is 17.9 Å². The van der Waals surface area contributed by atoms with Crippen LogP contribution in [0.15, 0.2) is 109 Å². The Balaban J connectivity index is 1.95. The minimum atomic E-state index is -0.510. The van der Waals surface area contributed by atoms with Crippen LogP contribution in [0.4, 0.5) is 17.1 Å². The van der Waals surface area contributed by atoms with Gasteiger partial charge in [-0.15, -0.1) is 0 Å². The molecule has 37 heavy (non-hydrogen) atoms. The molecule has 0 amide bonds. The molecule has 0 spiro atoms. The summed E-state index contributed by atoms with van der Waals surface area (Å²) in [6, 6.07) is 20.8. The first-order chi connectivity index (χ1) is 17.5. The van der Waals surface area contributed by atoms with Crippen molar-refractivity contribution in [2.24, 2.45) is 0 Å². The minimum absolute atomic E-state index is 0.297. The molecule has 0 aliphatic rings. The highest BCUT2D eigenvalue weighted by molar-refractivity contribution is 5.90. The molecule has 3 aromatic carbocycles. The SMILES string of the molecule is C=C(C)C(=O)Oc1ccc(N(c2ccc(OC(=O)C(=C)C)cc2)c2ccc(OC(=O)C(=C)C)cc2)cc1. The van der Waals surface area contributed by atoms with Crippen molar-refractivity contribution in [2.45, 2.75) is 20.8 Å². The van der Waals surface area contributed by atoms with E-state index < -0.39 is 17.9 Å². The van der Waals surface area contributed by atoms with E-state index in [-0.39, 0.29) is 0 Å². The third-order valence-electron chi connectivity index (χ3n) is 4.96. The lowest BCUT2D eigenvalue weighted by Crippen LogP contribution is -2.12. The van der Waals surface area contributed by atoms with E-state index in [1.165, 1.54) is 0 Å². The van der Waals surface area contributed by atoms with Crippen LogP contribution < -0.4 is 19.1 Å². The largest absolute Gasteiger partial charge is 0.423 e. The Bertz CT molecular complexity index is 1180. The molecule has 0 saturated carbocycles. The number of benzene rings is 3. The summed E-state index contributed by atoms with van der Waals surface area (Å²) in [6.45, 7) is 15.5. The molecule has 7 heteroatoms. The monoisotopic (exact) mass is 497 g/mol. The zero-order chi connectivity index (χ0) is 27.1. The van der Waals surface area contributed by atoms with E-state index in [4.69, 9.17) is 14.2 Å². The fourth-order valence-electron chi connectivity index (χ4n) is 3.02. The molecule has 0 aromatic heterocycles. The predicted octanol–water partition coefficient (Wildman–Crippen LogP) is 6.60. The Morgan fingerprint density at radius 2 is 0.703 bits per heavy atom. The van der Waals surface area contributed by atoms with Gasteiger partial charge in [-0.25, -0.2) is 14.4 Å². The van der Waals surface area contributed by atoms with E-state index in [2.05, 4.69) is 19.7 Å². The van der Waals surface area contributed by atoms with Gasteiger partial charge < -0.3 is 19.1 Å². The van der Waals surface area contributed by atoms with Crippen LogP contribution in [0.25, 0.3) is 0 Å². The van der Waals surface area contributed by atoms with E-state index in [1.54, 1.807) is 93.6 Å². The summed E-state index contributed by atoms with van der Waals surface area (Å²) < 4.78 is 15.9. The zero-order valence-corrected chi connectivity index (χ0v) is 20.9. The highest BCUT2D eigenvalue weighted by Crippen LogP contribution is 2.37. The van der Waals surface area contributed by atoms with Gasteiger partial charge in [0.25, 0.3) is 0 Å². The highest BCUT2D eigenvalue weighted by atomic mass is 16.5. The maximum absolute atomic E-state index is 11.9. The fraction of sp³-hybridized carbons (Fsp3) is 0.100. The number of carbonyl (C=O) groups excluding carboxylic acids is 3. The van der Waals surface area contributed by atoms with Crippen LogP contribution in [-0.2, 0) is 14.4 Å². The van der Waals surface area contributed by atoms with Crippen LogP contribution in [0, 0.1) is 0 Å². The van der Waals surface area contributed by atoms with Crippen LogP contribution in [0.2, 0.25) is 0 Å². The van der Waals surface area contributed by atoms with E-state index in [9.17, 15) is 14.4 Å². The number of nitrogens with zero attached hydrogens (tertiary/aromatic N) is 1. The maximum atomic E-state index is 11.9. The van der Waals surface area contributed by atoms with E-state index in [0.717, 1.165) is 17.1 Å². The van der Waals surface area contributed by atoms with Crippen molar-refractivity contribution in [1.82, 2.24) is 0 Å². The lowest BCUT2D eigenvalue weighted by atomic mass is 10.2. The van der Waals surface area contributed by atoms with Crippen LogP contribution in [0.1, 0.15) is 20.8 Å². The van der Waals surface area contributed by atoms with Gasteiger partial charge >= 0.3 is 17.9 Å². The molecule has 0 saturated heterocycles. The standard InChI is InChI=1S/C30H27NO6/c1-19(2)28(32)35-25-13-7-22(8-14-25)31(23-9-15-26(16-10-23)36-29(33)20(3)4)24-11-17-27(18-12-24)37-30(34)21(5)6/h7-18H,1,3,5H2,2,4,6H3. The molecule has 0 aliphatic carbocycles. The second-order valence-electron chi connectivity index (χ2n) is 8.33. The first-order valence-corrected chi connectivity index (χ1v) is 11.3. The fourth-order valence-corrected chi connectivity index (χ4v) is 3.02. The topological polar surface area (TPSA) is 82.1 Å². The molecule has 0 atom stereocenters. The molecule has 3 aromatic rings. The average molecular weight is 498 g/mol. The van der Waals surface area contributed by atoms with Gasteiger partial charge in [0.1, 0.15) is 17.2 Å². The summed E-state index contributed by atoms with van der Waals surface area (Å²) in [6.07, 6.45) is 0. The summed E-state index contributed by atoms with van der Waals surface area (Å²) in [5.74, 6) is -0.402. The van der Waals surface area contributed by atoms with E-state index in [1.807, 2.05) is 4.90 Å². The van der Waals surface area contributed by atoms with Gasteiger partial charge in [-0.2, -0.15) is 0 Å². The summed E-state index contributed by atoms with van der Waals surface area (Å²) >= 11 is 0. The molecule has 3 rings (SSSR count).